The van der Waals surface area contributed by atoms with Crippen molar-refractivity contribution in [1.29, 1.82) is 0 Å². The summed E-state index contributed by atoms with van der Waals surface area (Å²) in [5.74, 6) is 0.722. The van der Waals surface area contributed by atoms with Crippen molar-refractivity contribution in [2.45, 2.75) is 18.5 Å². The predicted octanol–water partition coefficient (Wildman–Crippen LogP) is 5.06. The number of hydrogen-bond acceptors (Lipinski definition) is 3. The third-order valence-electron chi connectivity index (χ3n) is 5.25. The predicted molar refractivity (Wildman–Crippen MR) is 122 cm³/mol. The van der Waals surface area contributed by atoms with E-state index in [1.165, 1.54) is 5.56 Å². The van der Waals surface area contributed by atoms with E-state index in [0.717, 1.165) is 23.3 Å². The van der Waals surface area contributed by atoms with Gasteiger partial charge in [-0.1, -0.05) is 91.0 Å². The van der Waals surface area contributed by atoms with Crippen molar-refractivity contribution in [3.8, 4) is 0 Å². The van der Waals surface area contributed by atoms with Crippen molar-refractivity contribution in [2.75, 3.05) is 6.54 Å². The van der Waals surface area contributed by atoms with Gasteiger partial charge in [-0.3, -0.25) is 10.1 Å². The van der Waals surface area contributed by atoms with Gasteiger partial charge < -0.3 is 9.73 Å². The zero-order chi connectivity index (χ0) is 21.3. The van der Waals surface area contributed by atoms with Crippen LogP contribution in [0.1, 0.15) is 34.5 Å². The van der Waals surface area contributed by atoms with Gasteiger partial charge in [0, 0.05) is 0 Å². The Labute approximate surface area is 182 Å². The first-order valence-corrected chi connectivity index (χ1v) is 10.5. The van der Waals surface area contributed by atoms with Crippen LogP contribution in [0.4, 0.5) is 0 Å². The van der Waals surface area contributed by atoms with Gasteiger partial charge in [0.25, 0.3) is 0 Å². The van der Waals surface area contributed by atoms with Crippen LogP contribution in [0.3, 0.4) is 0 Å². The lowest BCUT2D eigenvalue weighted by Gasteiger charge is -2.21. The lowest BCUT2D eigenvalue weighted by atomic mass is 9.99. The summed E-state index contributed by atoms with van der Waals surface area (Å²) in [4.78, 5) is 12.9. The molecule has 4 rings (SSSR count). The molecule has 31 heavy (non-hydrogen) atoms. The van der Waals surface area contributed by atoms with E-state index in [1.807, 2.05) is 78.9 Å². The minimum atomic E-state index is -0.189. The van der Waals surface area contributed by atoms with E-state index in [-0.39, 0.29) is 24.5 Å². The van der Waals surface area contributed by atoms with Gasteiger partial charge in [-0.15, -0.1) is 0 Å². The average molecular weight is 411 g/mol. The zero-order valence-corrected chi connectivity index (χ0v) is 17.3. The van der Waals surface area contributed by atoms with E-state index < -0.39 is 0 Å². The lowest BCUT2D eigenvalue weighted by Crippen LogP contribution is -2.38. The Kier molecular flexibility index (Phi) is 6.93. The molecule has 1 aromatic heterocycles. The molecule has 0 unspecified atom stereocenters. The molecular weight excluding hydrogens is 384 g/mol. The van der Waals surface area contributed by atoms with Gasteiger partial charge in [-0.25, -0.2) is 0 Å². The normalized spacial score (nSPS) is 12.8. The van der Waals surface area contributed by atoms with E-state index >= 15 is 0 Å². The van der Waals surface area contributed by atoms with Crippen molar-refractivity contribution in [3.05, 3.63) is 132 Å². The zero-order valence-electron chi connectivity index (χ0n) is 17.3. The summed E-state index contributed by atoms with van der Waals surface area (Å²) in [6.07, 6.45) is 2.38. The molecule has 4 heteroatoms. The molecule has 2 N–H and O–H groups in total. The van der Waals surface area contributed by atoms with Crippen LogP contribution in [0.25, 0.3) is 0 Å². The number of hydrogen-bond donors (Lipinski definition) is 2. The standard InChI is InChI=1S/C27H26N2O2/c30-26(20-28-27(25-17-10-18-31-25)23-15-8-3-9-16-23)29-24(22-13-6-2-7-14-22)19-21-11-4-1-5-12-21/h1-18,24,27-28H,19-20H2,(H,29,30)/t24-,27-/m0/s1. The van der Waals surface area contributed by atoms with Gasteiger partial charge in [0.2, 0.25) is 5.91 Å². The largest absolute Gasteiger partial charge is 0.467 e. The minimum absolute atomic E-state index is 0.0581. The summed E-state index contributed by atoms with van der Waals surface area (Å²) in [7, 11) is 0. The number of amides is 1. The molecule has 0 saturated heterocycles. The van der Waals surface area contributed by atoms with Crippen LogP contribution in [-0.2, 0) is 11.2 Å². The highest BCUT2D eigenvalue weighted by molar-refractivity contribution is 5.78. The Morgan fingerprint density at radius 1 is 0.742 bits per heavy atom. The van der Waals surface area contributed by atoms with Crippen molar-refractivity contribution in [1.82, 2.24) is 10.6 Å². The Morgan fingerprint density at radius 3 is 1.97 bits per heavy atom. The van der Waals surface area contributed by atoms with Gasteiger partial charge >= 0.3 is 0 Å². The molecule has 1 amide bonds. The Balaban J connectivity index is 1.45. The van der Waals surface area contributed by atoms with Crippen molar-refractivity contribution in [2.24, 2.45) is 0 Å². The quantitative estimate of drug-likeness (QED) is 0.406. The lowest BCUT2D eigenvalue weighted by molar-refractivity contribution is -0.121. The van der Waals surface area contributed by atoms with Crippen molar-refractivity contribution >= 4 is 5.91 Å². The average Bonchev–Trinajstić information content (AvgIpc) is 3.35. The number of nitrogens with one attached hydrogen (secondary N) is 2. The molecule has 0 saturated carbocycles. The fourth-order valence-electron chi connectivity index (χ4n) is 3.71. The van der Waals surface area contributed by atoms with Crippen LogP contribution in [0.5, 0.6) is 0 Å². The third-order valence-corrected chi connectivity index (χ3v) is 5.25. The second-order valence-corrected chi connectivity index (χ2v) is 7.46. The maximum atomic E-state index is 12.9. The van der Waals surface area contributed by atoms with Crippen LogP contribution in [0.2, 0.25) is 0 Å². The van der Waals surface area contributed by atoms with Gasteiger partial charge in [0.15, 0.2) is 0 Å². The fourth-order valence-corrected chi connectivity index (χ4v) is 3.71. The highest BCUT2D eigenvalue weighted by atomic mass is 16.3. The molecule has 4 aromatic rings. The molecule has 0 fully saturated rings. The molecule has 0 aliphatic rings. The van der Waals surface area contributed by atoms with Crippen LogP contribution in [-0.4, -0.2) is 12.5 Å². The molecule has 4 nitrogen and oxygen atoms in total. The summed E-state index contributed by atoms with van der Waals surface area (Å²) in [6.45, 7) is 0.179. The van der Waals surface area contributed by atoms with E-state index in [4.69, 9.17) is 4.42 Å². The molecule has 3 aromatic carbocycles. The first kappa shape index (κ1) is 20.6. The second-order valence-electron chi connectivity index (χ2n) is 7.46. The van der Waals surface area contributed by atoms with Crippen LogP contribution >= 0.6 is 0 Å². The maximum absolute atomic E-state index is 12.9. The summed E-state index contributed by atoms with van der Waals surface area (Å²) in [6, 6.07) is 33.8. The SMILES string of the molecule is O=C(CN[C@@H](c1ccccc1)c1ccco1)N[C@@H](Cc1ccccc1)c1ccccc1. The molecule has 0 aliphatic carbocycles. The minimum Gasteiger partial charge on any atom is -0.467 e. The Bertz CT molecular complexity index is 1050. The Hall–Kier alpha value is -3.63. The third kappa shape index (κ3) is 5.71. The highest BCUT2D eigenvalue weighted by Crippen LogP contribution is 2.22. The van der Waals surface area contributed by atoms with Crippen molar-refractivity contribution in [3.63, 3.8) is 0 Å². The summed E-state index contributed by atoms with van der Waals surface area (Å²) < 4.78 is 5.62. The van der Waals surface area contributed by atoms with Crippen LogP contribution < -0.4 is 10.6 Å². The second kappa shape index (κ2) is 10.4. The fraction of sp³-hybridized carbons (Fsp3) is 0.148. The van der Waals surface area contributed by atoms with E-state index in [2.05, 4.69) is 34.9 Å². The number of furan rings is 1. The molecule has 1 heterocycles. The summed E-state index contributed by atoms with van der Waals surface area (Å²) in [5.41, 5.74) is 3.32. The topological polar surface area (TPSA) is 54.3 Å². The van der Waals surface area contributed by atoms with Crippen molar-refractivity contribution < 1.29 is 9.21 Å². The van der Waals surface area contributed by atoms with Gasteiger partial charge in [-0.05, 0) is 35.2 Å². The first-order valence-electron chi connectivity index (χ1n) is 10.5. The number of carbonyl (C=O) groups excluding carboxylic acids is 1. The molecule has 0 bridgehead atoms. The summed E-state index contributed by atoms with van der Waals surface area (Å²) >= 11 is 0. The van der Waals surface area contributed by atoms with Gasteiger partial charge in [0.1, 0.15) is 5.76 Å². The van der Waals surface area contributed by atoms with E-state index in [0.29, 0.717) is 0 Å². The first-order chi connectivity index (χ1) is 15.3. The summed E-state index contributed by atoms with van der Waals surface area (Å²) in [5, 5.41) is 6.55. The molecule has 0 spiro atoms. The van der Waals surface area contributed by atoms with Gasteiger partial charge in [-0.2, -0.15) is 0 Å². The van der Waals surface area contributed by atoms with Gasteiger partial charge in [0.05, 0.1) is 24.9 Å². The molecular formula is C27H26N2O2. The maximum Gasteiger partial charge on any atom is 0.234 e. The Morgan fingerprint density at radius 2 is 1.35 bits per heavy atom. The highest BCUT2D eigenvalue weighted by Gasteiger charge is 2.19. The van der Waals surface area contributed by atoms with E-state index in [1.54, 1.807) is 6.26 Å². The van der Waals surface area contributed by atoms with Crippen LogP contribution in [0, 0.1) is 0 Å². The monoisotopic (exact) mass is 410 g/mol. The molecule has 0 aliphatic heterocycles. The smallest absolute Gasteiger partial charge is 0.234 e. The number of benzene rings is 3. The number of rotatable bonds is 9. The molecule has 156 valence electrons. The molecule has 2 atom stereocenters. The molecule has 0 radical (unpaired) electrons. The van der Waals surface area contributed by atoms with E-state index in [9.17, 15) is 4.79 Å². The van der Waals surface area contributed by atoms with Crippen LogP contribution in [0.15, 0.2) is 114 Å². The number of carbonyl (C=O) groups is 1.